The summed E-state index contributed by atoms with van der Waals surface area (Å²) in [5.74, 6) is -0.470. The Labute approximate surface area is 229 Å². The third-order valence-electron chi connectivity index (χ3n) is 6.69. The predicted molar refractivity (Wildman–Crippen MR) is 153 cm³/mol. The standard InChI is InChI=1S/C32H30N2O4S/c1-24-13-16-30(17-14-24)39(36,37)34-29(20-28-19-27(32(35)38-2)15-18-31(28)34)23-33(21-25-9-5-3-6-10-25)22-26-11-7-4-8-12-26/h3-20H,21-23H2,1-2H3. The van der Waals surface area contributed by atoms with Crippen molar-refractivity contribution in [2.24, 2.45) is 0 Å². The molecule has 1 aromatic heterocycles. The summed E-state index contributed by atoms with van der Waals surface area (Å²) < 4.78 is 34.4. The summed E-state index contributed by atoms with van der Waals surface area (Å²) in [5.41, 5.74) is 4.73. The summed E-state index contributed by atoms with van der Waals surface area (Å²) in [5, 5.41) is 0.656. The van der Waals surface area contributed by atoms with Gasteiger partial charge in [-0.1, -0.05) is 78.4 Å². The highest BCUT2D eigenvalue weighted by Crippen LogP contribution is 2.29. The Kier molecular flexibility index (Phi) is 7.63. The van der Waals surface area contributed by atoms with E-state index >= 15 is 0 Å². The molecule has 0 saturated heterocycles. The van der Waals surface area contributed by atoms with Gasteiger partial charge in [0.2, 0.25) is 0 Å². The molecule has 0 spiro atoms. The lowest BCUT2D eigenvalue weighted by Crippen LogP contribution is -2.25. The van der Waals surface area contributed by atoms with Crippen molar-refractivity contribution in [1.29, 1.82) is 0 Å². The molecule has 0 bridgehead atoms. The van der Waals surface area contributed by atoms with Crippen molar-refractivity contribution >= 4 is 26.9 Å². The second kappa shape index (κ2) is 11.3. The normalized spacial score (nSPS) is 11.7. The first-order valence-corrected chi connectivity index (χ1v) is 14.1. The van der Waals surface area contributed by atoms with Crippen LogP contribution in [0.2, 0.25) is 0 Å². The number of nitrogens with zero attached hydrogens (tertiary/aromatic N) is 2. The predicted octanol–water partition coefficient (Wildman–Crippen LogP) is 6.18. The molecular weight excluding hydrogens is 508 g/mol. The summed E-state index contributed by atoms with van der Waals surface area (Å²) >= 11 is 0. The number of methoxy groups -OCH3 is 1. The van der Waals surface area contributed by atoms with Crippen molar-refractivity contribution < 1.29 is 17.9 Å². The number of hydrogen-bond acceptors (Lipinski definition) is 5. The fourth-order valence-electron chi connectivity index (χ4n) is 4.78. The number of rotatable bonds is 9. The van der Waals surface area contributed by atoms with Crippen LogP contribution in [0.4, 0.5) is 0 Å². The van der Waals surface area contributed by atoms with E-state index in [9.17, 15) is 13.2 Å². The highest BCUT2D eigenvalue weighted by atomic mass is 32.2. The first kappa shape index (κ1) is 26.4. The molecule has 39 heavy (non-hydrogen) atoms. The highest BCUT2D eigenvalue weighted by Gasteiger charge is 2.25. The Morgan fingerprint density at radius 3 is 1.92 bits per heavy atom. The van der Waals surface area contributed by atoms with Gasteiger partial charge in [0, 0.05) is 30.7 Å². The van der Waals surface area contributed by atoms with Crippen LogP contribution in [0.5, 0.6) is 0 Å². The van der Waals surface area contributed by atoms with Gasteiger partial charge in [0.1, 0.15) is 0 Å². The van der Waals surface area contributed by atoms with Crippen LogP contribution in [0.25, 0.3) is 10.9 Å². The number of hydrogen-bond donors (Lipinski definition) is 0. The zero-order chi connectivity index (χ0) is 27.4. The van der Waals surface area contributed by atoms with Gasteiger partial charge in [0.05, 0.1) is 23.1 Å². The van der Waals surface area contributed by atoms with Crippen LogP contribution in [0.3, 0.4) is 0 Å². The number of aromatic nitrogens is 1. The van der Waals surface area contributed by atoms with E-state index in [1.54, 1.807) is 42.5 Å². The van der Waals surface area contributed by atoms with Crippen LogP contribution in [-0.2, 0) is 34.4 Å². The van der Waals surface area contributed by atoms with E-state index in [1.807, 2.05) is 49.4 Å². The van der Waals surface area contributed by atoms with E-state index in [0.29, 0.717) is 41.8 Å². The molecule has 0 fully saturated rings. The van der Waals surface area contributed by atoms with Crippen molar-refractivity contribution in [1.82, 2.24) is 8.87 Å². The largest absolute Gasteiger partial charge is 0.465 e. The van der Waals surface area contributed by atoms with Crippen molar-refractivity contribution in [2.45, 2.75) is 31.5 Å². The Bertz CT molecular complexity index is 1650. The average Bonchev–Trinajstić information content (AvgIpc) is 3.31. The summed E-state index contributed by atoms with van der Waals surface area (Å²) in [4.78, 5) is 14.7. The monoisotopic (exact) mass is 538 g/mol. The molecule has 1 heterocycles. The second-order valence-electron chi connectivity index (χ2n) is 9.60. The number of esters is 1. The average molecular weight is 539 g/mol. The number of benzene rings is 4. The molecule has 0 radical (unpaired) electrons. The van der Waals surface area contributed by atoms with E-state index in [1.165, 1.54) is 11.1 Å². The molecule has 0 unspecified atom stereocenters. The van der Waals surface area contributed by atoms with Crippen molar-refractivity contribution in [3.05, 3.63) is 137 Å². The molecule has 0 aliphatic rings. The maximum Gasteiger partial charge on any atom is 0.337 e. The quantitative estimate of drug-likeness (QED) is 0.210. The maximum absolute atomic E-state index is 14.1. The Balaban J connectivity index is 1.63. The molecule has 0 amide bonds. The summed E-state index contributed by atoms with van der Waals surface area (Å²) in [6, 6.07) is 33.9. The fourth-order valence-corrected chi connectivity index (χ4v) is 6.32. The topological polar surface area (TPSA) is 68.6 Å². The van der Waals surface area contributed by atoms with Gasteiger partial charge in [0.15, 0.2) is 0 Å². The molecule has 198 valence electrons. The minimum atomic E-state index is -3.93. The van der Waals surface area contributed by atoms with Crippen LogP contribution < -0.4 is 0 Å². The van der Waals surface area contributed by atoms with E-state index in [-0.39, 0.29) is 4.90 Å². The molecule has 0 atom stereocenters. The minimum absolute atomic E-state index is 0.210. The van der Waals surface area contributed by atoms with Gasteiger partial charge in [-0.25, -0.2) is 17.2 Å². The third kappa shape index (κ3) is 5.79. The molecular formula is C32H30N2O4S. The molecule has 0 aliphatic heterocycles. The van der Waals surface area contributed by atoms with Crippen LogP contribution in [-0.4, -0.2) is 30.4 Å². The zero-order valence-electron chi connectivity index (χ0n) is 21.9. The van der Waals surface area contributed by atoms with Crippen LogP contribution in [0, 0.1) is 6.92 Å². The van der Waals surface area contributed by atoms with Crippen LogP contribution >= 0.6 is 0 Å². The van der Waals surface area contributed by atoms with Crippen LogP contribution in [0.1, 0.15) is 32.7 Å². The van der Waals surface area contributed by atoms with Crippen molar-refractivity contribution in [2.75, 3.05) is 7.11 Å². The van der Waals surface area contributed by atoms with Gasteiger partial charge in [-0.05, 0) is 54.4 Å². The Morgan fingerprint density at radius 1 is 0.769 bits per heavy atom. The molecule has 0 aliphatic carbocycles. The number of aryl methyl sites for hydroxylation is 1. The Morgan fingerprint density at radius 2 is 1.36 bits per heavy atom. The van der Waals surface area contributed by atoms with E-state index < -0.39 is 16.0 Å². The summed E-state index contributed by atoms with van der Waals surface area (Å²) in [6.07, 6.45) is 0. The molecule has 6 nitrogen and oxygen atoms in total. The van der Waals surface area contributed by atoms with Gasteiger partial charge in [-0.3, -0.25) is 4.90 Å². The lowest BCUT2D eigenvalue weighted by atomic mass is 10.1. The second-order valence-corrected chi connectivity index (χ2v) is 11.4. The van der Waals surface area contributed by atoms with Gasteiger partial charge in [0.25, 0.3) is 10.0 Å². The lowest BCUT2D eigenvalue weighted by Gasteiger charge is -2.24. The zero-order valence-corrected chi connectivity index (χ0v) is 22.8. The lowest BCUT2D eigenvalue weighted by molar-refractivity contribution is 0.0601. The summed E-state index contributed by atoms with van der Waals surface area (Å²) in [6.45, 7) is 3.56. The van der Waals surface area contributed by atoms with Crippen molar-refractivity contribution in [3.63, 3.8) is 0 Å². The fraction of sp³-hybridized carbons (Fsp3) is 0.156. The third-order valence-corrected chi connectivity index (χ3v) is 8.47. The Hall–Kier alpha value is -4.20. The molecule has 4 aromatic carbocycles. The highest BCUT2D eigenvalue weighted by molar-refractivity contribution is 7.90. The molecule has 0 saturated carbocycles. The van der Waals surface area contributed by atoms with Crippen LogP contribution in [0.15, 0.2) is 114 Å². The number of ether oxygens (including phenoxy) is 1. The van der Waals surface area contributed by atoms with Gasteiger partial charge >= 0.3 is 5.97 Å². The molecule has 5 rings (SSSR count). The maximum atomic E-state index is 14.1. The molecule has 7 heteroatoms. The van der Waals surface area contributed by atoms with Gasteiger partial charge in [-0.2, -0.15) is 0 Å². The van der Waals surface area contributed by atoms with E-state index in [2.05, 4.69) is 29.2 Å². The van der Waals surface area contributed by atoms with Gasteiger partial charge < -0.3 is 4.74 Å². The number of carbonyl (C=O) groups is 1. The van der Waals surface area contributed by atoms with E-state index in [4.69, 9.17) is 4.74 Å². The molecule has 5 aromatic rings. The SMILES string of the molecule is COC(=O)c1ccc2c(c1)cc(CN(Cc1ccccc1)Cc1ccccc1)n2S(=O)(=O)c1ccc(C)cc1. The van der Waals surface area contributed by atoms with Crippen molar-refractivity contribution in [3.8, 4) is 0 Å². The summed E-state index contributed by atoms with van der Waals surface area (Å²) in [7, 11) is -2.60. The first-order valence-electron chi connectivity index (χ1n) is 12.7. The first-order chi connectivity index (χ1) is 18.8. The number of carbonyl (C=O) groups excluding carboxylic acids is 1. The number of fused-ring (bicyclic) bond motifs is 1. The van der Waals surface area contributed by atoms with E-state index in [0.717, 1.165) is 16.7 Å². The smallest absolute Gasteiger partial charge is 0.337 e. The molecule has 0 N–H and O–H groups in total. The van der Waals surface area contributed by atoms with Gasteiger partial charge in [-0.15, -0.1) is 0 Å². The minimum Gasteiger partial charge on any atom is -0.465 e.